The molecular formula is C14H16BrN3. The van der Waals surface area contributed by atoms with Gasteiger partial charge in [0.25, 0.3) is 0 Å². The molecule has 18 heavy (non-hydrogen) atoms. The van der Waals surface area contributed by atoms with E-state index < -0.39 is 0 Å². The quantitative estimate of drug-likeness (QED) is 0.833. The van der Waals surface area contributed by atoms with Crippen molar-refractivity contribution in [1.82, 2.24) is 0 Å². The number of hydrogen-bond donors (Lipinski definition) is 0. The van der Waals surface area contributed by atoms with Crippen LogP contribution in [-0.4, -0.2) is 13.1 Å². The number of rotatable bonds is 5. The second-order valence-corrected chi connectivity index (χ2v) is 5.47. The summed E-state index contributed by atoms with van der Waals surface area (Å²) < 4.78 is 0.891. The lowest BCUT2D eigenvalue weighted by Crippen LogP contribution is -2.28. The van der Waals surface area contributed by atoms with Crippen LogP contribution < -0.4 is 4.90 Å². The maximum absolute atomic E-state index is 8.98. The van der Waals surface area contributed by atoms with Crippen LogP contribution in [0.15, 0.2) is 22.7 Å². The zero-order valence-electron chi connectivity index (χ0n) is 10.7. The van der Waals surface area contributed by atoms with Gasteiger partial charge in [-0.3, -0.25) is 0 Å². The maximum atomic E-state index is 8.98. The fraction of sp³-hybridized carbons (Fsp3) is 0.429. The molecule has 0 N–H and O–H groups in total. The van der Waals surface area contributed by atoms with Gasteiger partial charge in [0.1, 0.15) is 0 Å². The van der Waals surface area contributed by atoms with Crippen molar-refractivity contribution in [3.63, 3.8) is 0 Å². The van der Waals surface area contributed by atoms with E-state index in [9.17, 15) is 0 Å². The van der Waals surface area contributed by atoms with Gasteiger partial charge in [-0.05, 0) is 24.1 Å². The van der Waals surface area contributed by atoms with Crippen LogP contribution in [-0.2, 0) is 0 Å². The van der Waals surface area contributed by atoms with Gasteiger partial charge in [0.2, 0.25) is 0 Å². The molecule has 0 amide bonds. The third kappa shape index (κ3) is 4.39. The molecule has 94 valence electrons. The third-order valence-electron chi connectivity index (χ3n) is 2.46. The van der Waals surface area contributed by atoms with E-state index in [0.717, 1.165) is 16.7 Å². The van der Waals surface area contributed by atoms with E-state index in [2.05, 4.69) is 46.8 Å². The Labute approximate surface area is 117 Å². The standard InChI is InChI=1S/C14H16BrN3/c1-11(2)10-18(5-3-4-16)14-7-12(9-17)6-13(15)8-14/h6-8,11H,3,5,10H2,1-2H3. The lowest BCUT2D eigenvalue weighted by Gasteiger charge is -2.26. The Kier molecular flexibility index (Phi) is 5.68. The van der Waals surface area contributed by atoms with Crippen LogP contribution in [0.4, 0.5) is 5.69 Å². The number of halogens is 1. The average Bonchev–Trinajstić information content (AvgIpc) is 2.33. The molecule has 0 atom stereocenters. The highest BCUT2D eigenvalue weighted by atomic mass is 79.9. The van der Waals surface area contributed by atoms with E-state index in [1.54, 1.807) is 6.07 Å². The predicted molar refractivity (Wildman–Crippen MR) is 76.1 cm³/mol. The average molecular weight is 306 g/mol. The normalized spacial score (nSPS) is 9.89. The Morgan fingerprint density at radius 3 is 2.56 bits per heavy atom. The Morgan fingerprint density at radius 1 is 1.28 bits per heavy atom. The number of hydrogen-bond acceptors (Lipinski definition) is 3. The minimum atomic E-state index is 0.487. The van der Waals surface area contributed by atoms with Crippen molar-refractivity contribution in [2.45, 2.75) is 20.3 Å². The first-order chi connectivity index (χ1) is 8.56. The minimum Gasteiger partial charge on any atom is -0.370 e. The molecule has 0 heterocycles. The summed E-state index contributed by atoms with van der Waals surface area (Å²) in [7, 11) is 0. The number of nitrogens with zero attached hydrogens (tertiary/aromatic N) is 3. The fourth-order valence-corrected chi connectivity index (χ4v) is 2.25. The molecule has 0 aliphatic heterocycles. The van der Waals surface area contributed by atoms with Crippen LogP contribution >= 0.6 is 15.9 Å². The number of nitriles is 2. The molecule has 0 radical (unpaired) electrons. The summed E-state index contributed by atoms with van der Waals surface area (Å²) >= 11 is 3.41. The smallest absolute Gasteiger partial charge is 0.0992 e. The van der Waals surface area contributed by atoms with E-state index in [-0.39, 0.29) is 0 Å². The third-order valence-corrected chi connectivity index (χ3v) is 2.91. The van der Waals surface area contributed by atoms with Gasteiger partial charge < -0.3 is 4.90 Å². The van der Waals surface area contributed by atoms with Gasteiger partial charge in [-0.2, -0.15) is 10.5 Å². The van der Waals surface area contributed by atoms with Crippen LogP contribution in [0.5, 0.6) is 0 Å². The monoisotopic (exact) mass is 305 g/mol. The Hall–Kier alpha value is -1.52. The molecule has 0 unspecified atom stereocenters. The molecule has 0 aromatic heterocycles. The summed E-state index contributed by atoms with van der Waals surface area (Å²) in [6.07, 6.45) is 0.487. The number of benzene rings is 1. The summed E-state index contributed by atoms with van der Waals surface area (Å²) in [5.74, 6) is 0.508. The zero-order chi connectivity index (χ0) is 13.5. The summed E-state index contributed by atoms with van der Waals surface area (Å²) in [6.45, 7) is 5.85. The highest BCUT2D eigenvalue weighted by molar-refractivity contribution is 9.10. The van der Waals surface area contributed by atoms with Crippen molar-refractivity contribution < 1.29 is 0 Å². The first kappa shape index (κ1) is 14.5. The fourth-order valence-electron chi connectivity index (χ4n) is 1.77. The molecular weight excluding hydrogens is 290 g/mol. The highest BCUT2D eigenvalue weighted by Crippen LogP contribution is 2.23. The molecule has 0 fully saturated rings. The molecule has 0 saturated carbocycles. The highest BCUT2D eigenvalue weighted by Gasteiger charge is 2.10. The zero-order valence-corrected chi connectivity index (χ0v) is 12.2. The minimum absolute atomic E-state index is 0.487. The van der Waals surface area contributed by atoms with Crippen molar-refractivity contribution in [1.29, 1.82) is 10.5 Å². The second kappa shape index (κ2) is 7.03. The van der Waals surface area contributed by atoms with E-state index in [1.807, 2.05) is 12.1 Å². The van der Waals surface area contributed by atoms with E-state index in [1.165, 1.54) is 0 Å². The van der Waals surface area contributed by atoms with Gasteiger partial charge in [0.05, 0.1) is 24.1 Å². The SMILES string of the molecule is CC(C)CN(CCC#N)c1cc(Br)cc(C#N)c1. The lowest BCUT2D eigenvalue weighted by molar-refractivity contribution is 0.612. The van der Waals surface area contributed by atoms with E-state index in [0.29, 0.717) is 24.4 Å². The molecule has 1 aromatic carbocycles. The Balaban J connectivity index is 3.00. The van der Waals surface area contributed by atoms with Gasteiger partial charge in [0, 0.05) is 23.2 Å². The second-order valence-electron chi connectivity index (χ2n) is 4.56. The molecule has 4 heteroatoms. The van der Waals surface area contributed by atoms with E-state index >= 15 is 0 Å². The van der Waals surface area contributed by atoms with E-state index in [4.69, 9.17) is 10.5 Å². The largest absolute Gasteiger partial charge is 0.370 e. The van der Waals surface area contributed by atoms with Crippen LogP contribution in [0.2, 0.25) is 0 Å². The lowest BCUT2D eigenvalue weighted by atomic mass is 10.1. The molecule has 1 rings (SSSR count). The molecule has 3 nitrogen and oxygen atoms in total. The van der Waals surface area contributed by atoms with Crippen LogP contribution in [0.25, 0.3) is 0 Å². The van der Waals surface area contributed by atoms with Gasteiger partial charge in [-0.15, -0.1) is 0 Å². The summed E-state index contributed by atoms with van der Waals surface area (Å²) in [5.41, 5.74) is 1.62. The Bertz CT molecular complexity index is 483. The molecule has 0 saturated heterocycles. The molecule has 0 spiro atoms. The summed E-state index contributed by atoms with van der Waals surface area (Å²) in [6, 6.07) is 9.96. The van der Waals surface area contributed by atoms with Crippen LogP contribution in [0.3, 0.4) is 0 Å². The van der Waals surface area contributed by atoms with Gasteiger partial charge >= 0.3 is 0 Å². The number of anilines is 1. The van der Waals surface area contributed by atoms with Crippen molar-refractivity contribution in [3.8, 4) is 12.1 Å². The first-order valence-corrected chi connectivity index (χ1v) is 6.68. The maximum Gasteiger partial charge on any atom is 0.0992 e. The first-order valence-electron chi connectivity index (χ1n) is 5.89. The molecule has 1 aromatic rings. The molecule has 0 aliphatic carbocycles. The molecule has 0 bridgehead atoms. The van der Waals surface area contributed by atoms with Crippen LogP contribution in [0.1, 0.15) is 25.8 Å². The van der Waals surface area contributed by atoms with Gasteiger partial charge in [-0.1, -0.05) is 29.8 Å². The summed E-state index contributed by atoms with van der Waals surface area (Å²) in [5, 5.41) is 17.7. The Morgan fingerprint density at radius 2 is 2.00 bits per heavy atom. The predicted octanol–water partition coefficient (Wildman–Crippen LogP) is 3.70. The van der Waals surface area contributed by atoms with Crippen molar-refractivity contribution >= 4 is 21.6 Å². The van der Waals surface area contributed by atoms with Crippen LogP contribution in [0, 0.1) is 28.6 Å². The van der Waals surface area contributed by atoms with Gasteiger partial charge in [-0.25, -0.2) is 0 Å². The summed E-state index contributed by atoms with van der Waals surface area (Å²) in [4.78, 5) is 2.15. The van der Waals surface area contributed by atoms with Crippen molar-refractivity contribution in [3.05, 3.63) is 28.2 Å². The molecule has 0 aliphatic rings. The van der Waals surface area contributed by atoms with Gasteiger partial charge in [0.15, 0.2) is 0 Å². The van der Waals surface area contributed by atoms with Crippen molar-refractivity contribution in [2.75, 3.05) is 18.0 Å². The topological polar surface area (TPSA) is 50.8 Å². The van der Waals surface area contributed by atoms with Crippen molar-refractivity contribution in [2.24, 2.45) is 5.92 Å².